The lowest BCUT2D eigenvalue weighted by Gasteiger charge is -2.30. The molecular formula is C48H99N2O6P. The van der Waals surface area contributed by atoms with E-state index >= 15 is 0 Å². The van der Waals surface area contributed by atoms with Crippen LogP contribution in [0.4, 0.5) is 0 Å². The Bertz CT molecular complexity index is 916. The van der Waals surface area contributed by atoms with Gasteiger partial charge in [-0.25, -0.2) is 0 Å². The average molecular weight is 831 g/mol. The van der Waals surface area contributed by atoms with Crippen LogP contribution in [0.5, 0.6) is 0 Å². The third-order valence-corrected chi connectivity index (χ3v) is 12.8. The highest BCUT2D eigenvalue weighted by molar-refractivity contribution is 7.45. The number of hydrogen-bond acceptors (Lipinski definition) is 6. The van der Waals surface area contributed by atoms with E-state index < -0.39 is 20.0 Å². The van der Waals surface area contributed by atoms with Crippen LogP contribution in [0.15, 0.2) is 0 Å². The van der Waals surface area contributed by atoms with Gasteiger partial charge >= 0.3 is 0 Å². The summed E-state index contributed by atoms with van der Waals surface area (Å²) in [6.45, 7) is 7.09. The van der Waals surface area contributed by atoms with Crippen LogP contribution in [0.2, 0.25) is 0 Å². The first-order chi connectivity index (χ1) is 27.4. The summed E-state index contributed by atoms with van der Waals surface area (Å²) in [4.78, 5) is 25.4. The zero-order valence-corrected chi connectivity index (χ0v) is 39.9. The second-order valence-electron chi connectivity index (χ2n) is 18.8. The van der Waals surface area contributed by atoms with Gasteiger partial charge in [-0.2, -0.15) is 0 Å². The Hall–Kier alpha value is -0.500. The van der Waals surface area contributed by atoms with E-state index in [2.05, 4.69) is 26.1 Å². The number of unbranched alkanes of at least 4 members (excludes halogenated alkanes) is 29. The second-order valence-corrected chi connectivity index (χ2v) is 20.2. The van der Waals surface area contributed by atoms with Crippen molar-refractivity contribution in [1.82, 2.24) is 5.32 Å². The number of carbonyl (C=O) groups is 1. The lowest BCUT2D eigenvalue weighted by molar-refractivity contribution is -0.870. The van der Waals surface area contributed by atoms with Gasteiger partial charge in [0.05, 0.1) is 39.9 Å². The zero-order valence-electron chi connectivity index (χ0n) is 39.0. The van der Waals surface area contributed by atoms with Gasteiger partial charge in [-0.3, -0.25) is 9.36 Å². The summed E-state index contributed by atoms with van der Waals surface area (Å²) in [7, 11) is 1.32. The smallest absolute Gasteiger partial charge is 0.268 e. The number of phosphoric ester groups is 1. The molecule has 9 heteroatoms. The number of nitrogens with zero attached hydrogens (tertiary/aromatic N) is 1. The lowest BCUT2D eigenvalue weighted by atomic mass is 9.99. The summed E-state index contributed by atoms with van der Waals surface area (Å²) in [5, 5.41) is 13.9. The number of likely N-dealkylation sites (N-methyl/N-ethyl adjacent to an activating group) is 1. The van der Waals surface area contributed by atoms with E-state index in [1.54, 1.807) is 0 Å². The number of amides is 1. The predicted molar refractivity (Wildman–Crippen MR) is 242 cm³/mol. The van der Waals surface area contributed by atoms with Gasteiger partial charge in [0, 0.05) is 6.42 Å². The van der Waals surface area contributed by atoms with E-state index in [4.69, 9.17) is 9.05 Å². The first kappa shape index (κ1) is 56.5. The van der Waals surface area contributed by atoms with Crippen molar-refractivity contribution < 1.29 is 32.9 Å². The van der Waals surface area contributed by atoms with Gasteiger partial charge in [0.1, 0.15) is 13.2 Å². The topological polar surface area (TPSA) is 108 Å². The molecule has 0 aliphatic carbocycles. The zero-order chi connectivity index (χ0) is 42.3. The van der Waals surface area contributed by atoms with E-state index in [0.29, 0.717) is 23.9 Å². The number of rotatable bonds is 45. The van der Waals surface area contributed by atoms with Crippen LogP contribution in [-0.2, 0) is 18.4 Å². The summed E-state index contributed by atoms with van der Waals surface area (Å²) in [6, 6.07) is -0.795. The van der Waals surface area contributed by atoms with Gasteiger partial charge in [-0.1, -0.05) is 226 Å². The average Bonchev–Trinajstić information content (AvgIpc) is 3.16. The Morgan fingerprint density at radius 3 is 1.35 bits per heavy atom. The van der Waals surface area contributed by atoms with Crippen LogP contribution in [-0.4, -0.2) is 68.5 Å². The molecule has 342 valence electrons. The molecule has 0 rings (SSSR count). The van der Waals surface area contributed by atoms with Gasteiger partial charge in [0.2, 0.25) is 5.91 Å². The SMILES string of the molecule is CCCCCCCCCCCCCCCCCCCCCCCCCC(=O)N[C@@H](COP(=O)([O-])OCC[N+](C)(C)C)[C@H](O)CCCCCCCCCCC(C)CC. The number of quaternary nitrogens is 1. The van der Waals surface area contributed by atoms with Crippen molar-refractivity contribution in [1.29, 1.82) is 0 Å². The van der Waals surface area contributed by atoms with Gasteiger partial charge in [-0.05, 0) is 18.8 Å². The molecule has 0 saturated heterocycles. The van der Waals surface area contributed by atoms with E-state index in [-0.39, 0.29) is 19.1 Å². The van der Waals surface area contributed by atoms with Crippen LogP contribution in [0.3, 0.4) is 0 Å². The quantitative estimate of drug-likeness (QED) is 0.0359. The van der Waals surface area contributed by atoms with Crippen molar-refractivity contribution in [3.05, 3.63) is 0 Å². The molecule has 0 aromatic carbocycles. The van der Waals surface area contributed by atoms with E-state index in [0.717, 1.165) is 44.4 Å². The maximum Gasteiger partial charge on any atom is 0.268 e. The van der Waals surface area contributed by atoms with Gasteiger partial charge < -0.3 is 28.8 Å². The van der Waals surface area contributed by atoms with Crippen molar-refractivity contribution in [2.24, 2.45) is 5.92 Å². The first-order valence-corrected chi connectivity index (χ1v) is 26.2. The lowest BCUT2D eigenvalue weighted by Crippen LogP contribution is -2.46. The van der Waals surface area contributed by atoms with Crippen molar-refractivity contribution in [3.8, 4) is 0 Å². The van der Waals surface area contributed by atoms with E-state index in [1.807, 2.05) is 21.1 Å². The molecule has 0 bridgehead atoms. The highest BCUT2D eigenvalue weighted by Gasteiger charge is 2.24. The summed E-state index contributed by atoms with van der Waals surface area (Å²) in [6.07, 6.45) is 42.6. The number of aliphatic hydroxyl groups is 1. The molecular weight excluding hydrogens is 732 g/mol. The fraction of sp³-hybridized carbons (Fsp3) is 0.979. The van der Waals surface area contributed by atoms with Gasteiger partial charge in [0.25, 0.3) is 7.82 Å². The molecule has 0 aromatic heterocycles. The van der Waals surface area contributed by atoms with E-state index in [9.17, 15) is 19.4 Å². The van der Waals surface area contributed by atoms with Crippen molar-refractivity contribution >= 4 is 13.7 Å². The van der Waals surface area contributed by atoms with Crippen LogP contribution < -0.4 is 10.2 Å². The summed E-state index contributed by atoms with van der Waals surface area (Å²) in [5.74, 6) is 0.672. The van der Waals surface area contributed by atoms with E-state index in [1.165, 1.54) is 173 Å². The van der Waals surface area contributed by atoms with Crippen LogP contribution in [0, 0.1) is 5.92 Å². The highest BCUT2D eigenvalue weighted by atomic mass is 31.2. The summed E-state index contributed by atoms with van der Waals surface area (Å²) >= 11 is 0. The number of phosphoric acid groups is 1. The molecule has 57 heavy (non-hydrogen) atoms. The molecule has 1 amide bonds. The Balaban J connectivity index is 4.15. The number of hydrogen-bond donors (Lipinski definition) is 2. The minimum absolute atomic E-state index is 0.0151. The first-order valence-electron chi connectivity index (χ1n) is 24.8. The molecule has 0 fully saturated rings. The van der Waals surface area contributed by atoms with Gasteiger partial charge in [-0.15, -0.1) is 0 Å². The molecule has 0 radical (unpaired) electrons. The molecule has 8 nitrogen and oxygen atoms in total. The molecule has 0 aliphatic rings. The van der Waals surface area contributed by atoms with Crippen LogP contribution in [0.1, 0.15) is 245 Å². The Labute approximate surface area is 355 Å². The minimum Gasteiger partial charge on any atom is -0.756 e. The molecule has 2 N–H and O–H groups in total. The fourth-order valence-corrected chi connectivity index (χ4v) is 8.27. The van der Waals surface area contributed by atoms with Crippen LogP contribution >= 0.6 is 7.82 Å². The largest absolute Gasteiger partial charge is 0.756 e. The highest BCUT2D eigenvalue weighted by Crippen LogP contribution is 2.38. The van der Waals surface area contributed by atoms with Crippen LogP contribution in [0.25, 0.3) is 0 Å². The van der Waals surface area contributed by atoms with Crippen molar-refractivity contribution in [3.63, 3.8) is 0 Å². The maximum atomic E-state index is 12.9. The van der Waals surface area contributed by atoms with Gasteiger partial charge in [0.15, 0.2) is 0 Å². The Kier molecular flexibility index (Phi) is 39.3. The fourth-order valence-electron chi connectivity index (χ4n) is 7.55. The maximum absolute atomic E-state index is 12.9. The van der Waals surface area contributed by atoms with Crippen molar-refractivity contribution in [2.75, 3.05) is 40.9 Å². The molecule has 0 spiro atoms. The Morgan fingerprint density at radius 2 is 0.965 bits per heavy atom. The number of nitrogens with one attached hydrogen (secondary N) is 1. The molecule has 0 saturated carbocycles. The Morgan fingerprint density at radius 1 is 0.596 bits per heavy atom. The molecule has 0 heterocycles. The van der Waals surface area contributed by atoms with Crippen molar-refractivity contribution in [2.45, 2.75) is 258 Å². The normalized spacial score (nSPS) is 14.7. The predicted octanol–water partition coefficient (Wildman–Crippen LogP) is 13.4. The second kappa shape index (κ2) is 39.6. The third-order valence-electron chi connectivity index (χ3n) is 11.9. The number of carbonyl (C=O) groups excluding carboxylic acids is 1. The molecule has 2 unspecified atom stereocenters. The standard InChI is InChI=1S/C48H99N2O6P/c1-7-9-10-11-12-13-14-15-16-17-18-19-20-21-22-23-24-25-26-27-32-35-38-41-48(52)49-46(44-56-57(53,54)55-43-42-50(4,5)6)47(51)40-37-34-31-29-28-30-33-36-39-45(3)8-2/h45-47,51H,7-44H2,1-6H3,(H-,49,52,53,54)/t45?,46-,47+/m0/s1. The molecule has 4 atom stereocenters. The summed E-state index contributed by atoms with van der Waals surface area (Å²) in [5.41, 5.74) is 0. The third kappa shape index (κ3) is 42.0. The summed E-state index contributed by atoms with van der Waals surface area (Å²) < 4.78 is 23.3. The monoisotopic (exact) mass is 831 g/mol. The number of aliphatic hydroxyl groups excluding tert-OH is 1. The minimum atomic E-state index is -4.56. The molecule has 0 aliphatic heterocycles. The molecule has 0 aromatic rings.